The summed E-state index contributed by atoms with van der Waals surface area (Å²) in [6, 6.07) is 11.6. The van der Waals surface area contributed by atoms with Crippen molar-refractivity contribution in [3.05, 3.63) is 47.2 Å². The third-order valence-corrected chi connectivity index (χ3v) is 4.16. The van der Waals surface area contributed by atoms with Gasteiger partial charge in [0.1, 0.15) is 5.82 Å². The zero-order valence-corrected chi connectivity index (χ0v) is 12.6. The van der Waals surface area contributed by atoms with Gasteiger partial charge >= 0.3 is 0 Å². The Morgan fingerprint density at radius 3 is 2.70 bits per heavy atom. The fraction of sp³-hybridized carbons (Fsp3) is 0.471. The van der Waals surface area contributed by atoms with Crippen molar-refractivity contribution in [1.29, 1.82) is 0 Å². The fourth-order valence-electron chi connectivity index (χ4n) is 2.86. The molecule has 0 radical (unpaired) electrons. The van der Waals surface area contributed by atoms with Gasteiger partial charge in [-0.2, -0.15) is 5.10 Å². The first-order chi connectivity index (χ1) is 9.69. The minimum Gasteiger partial charge on any atom is -0.370 e. The molecule has 0 saturated carbocycles. The fourth-order valence-corrected chi connectivity index (χ4v) is 2.86. The molecule has 0 amide bonds. The maximum absolute atomic E-state index is 4.74. The normalized spacial score (nSPS) is 17.9. The van der Waals surface area contributed by atoms with Gasteiger partial charge in [0.25, 0.3) is 0 Å². The summed E-state index contributed by atoms with van der Waals surface area (Å²) in [7, 11) is 0. The molecule has 2 aromatic rings. The number of hydrogen-bond donors (Lipinski definition) is 1. The van der Waals surface area contributed by atoms with Gasteiger partial charge in [0.2, 0.25) is 0 Å². The van der Waals surface area contributed by atoms with E-state index in [1.54, 1.807) is 0 Å². The standard InChI is InChI=1S/C17H23N3/c1-4-15-11-17-18-10-9-16(20(17)19-15)14-7-5-13(6-8-14)12(2)3/h5-8,11-12,16,18H,4,9-10H2,1-3H3. The number of nitrogens with one attached hydrogen (secondary N) is 1. The zero-order chi connectivity index (χ0) is 14.1. The van der Waals surface area contributed by atoms with Crippen LogP contribution in [0.25, 0.3) is 0 Å². The molecule has 0 saturated heterocycles. The molecule has 2 heterocycles. The van der Waals surface area contributed by atoms with E-state index in [-0.39, 0.29) is 0 Å². The average molecular weight is 269 g/mol. The SMILES string of the molecule is CCc1cc2n(n1)C(c1ccc(C(C)C)cc1)CCN2. The number of benzene rings is 1. The van der Waals surface area contributed by atoms with E-state index in [4.69, 9.17) is 5.10 Å². The summed E-state index contributed by atoms with van der Waals surface area (Å²) in [5, 5.41) is 8.19. The second-order valence-corrected chi connectivity index (χ2v) is 5.87. The molecule has 0 aliphatic carbocycles. The highest BCUT2D eigenvalue weighted by Gasteiger charge is 2.22. The lowest BCUT2D eigenvalue weighted by Crippen LogP contribution is -2.24. The summed E-state index contributed by atoms with van der Waals surface area (Å²) < 4.78 is 2.16. The van der Waals surface area contributed by atoms with Crippen LogP contribution in [0, 0.1) is 0 Å². The van der Waals surface area contributed by atoms with Gasteiger partial charge < -0.3 is 5.32 Å². The Bertz CT molecular complexity index is 581. The molecule has 0 fully saturated rings. The van der Waals surface area contributed by atoms with Gasteiger partial charge in [-0.25, -0.2) is 4.68 Å². The van der Waals surface area contributed by atoms with E-state index in [2.05, 4.69) is 61.1 Å². The van der Waals surface area contributed by atoms with Crippen LogP contribution < -0.4 is 5.32 Å². The van der Waals surface area contributed by atoms with Gasteiger partial charge in [0.15, 0.2) is 0 Å². The largest absolute Gasteiger partial charge is 0.370 e. The first-order valence-corrected chi connectivity index (χ1v) is 7.61. The highest BCUT2D eigenvalue weighted by atomic mass is 15.4. The van der Waals surface area contributed by atoms with Crippen LogP contribution in [0.3, 0.4) is 0 Å². The molecule has 106 valence electrons. The lowest BCUT2D eigenvalue weighted by Gasteiger charge is -2.26. The molecule has 3 heteroatoms. The summed E-state index contributed by atoms with van der Waals surface area (Å²) in [4.78, 5) is 0. The van der Waals surface area contributed by atoms with E-state index in [0.717, 1.165) is 25.2 Å². The van der Waals surface area contributed by atoms with Crippen LogP contribution in [-0.2, 0) is 6.42 Å². The Labute approximate surface area is 121 Å². The van der Waals surface area contributed by atoms with Crippen molar-refractivity contribution in [3.8, 4) is 0 Å². The summed E-state index contributed by atoms with van der Waals surface area (Å²) >= 11 is 0. The molecule has 0 bridgehead atoms. The third-order valence-electron chi connectivity index (χ3n) is 4.16. The minimum absolute atomic E-state index is 0.368. The number of hydrogen-bond acceptors (Lipinski definition) is 2. The van der Waals surface area contributed by atoms with Crippen molar-refractivity contribution in [2.45, 2.75) is 45.6 Å². The Balaban J connectivity index is 1.93. The summed E-state index contributed by atoms with van der Waals surface area (Å²) in [6.07, 6.45) is 2.08. The summed E-state index contributed by atoms with van der Waals surface area (Å²) in [5.74, 6) is 1.75. The smallest absolute Gasteiger partial charge is 0.125 e. The second-order valence-electron chi connectivity index (χ2n) is 5.87. The van der Waals surface area contributed by atoms with Crippen molar-refractivity contribution in [2.24, 2.45) is 0 Å². The molecule has 20 heavy (non-hydrogen) atoms. The average Bonchev–Trinajstić information content (AvgIpc) is 2.90. The van der Waals surface area contributed by atoms with Crippen molar-refractivity contribution in [2.75, 3.05) is 11.9 Å². The molecular weight excluding hydrogens is 246 g/mol. The molecule has 3 nitrogen and oxygen atoms in total. The highest BCUT2D eigenvalue weighted by Crippen LogP contribution is 2.30. The predicted molar refractivity (Wildman–Crippen MR) is 83.4 cm³/mol. The van der Waals surface area contributed by atoms with Crippen molar-refractivity contribution >= 4 is 5.82 Å². The lowest BCUT2D eigenvalue weighted by molar-refractivity contribution is 0.478. The molecule has 1 unspecified atom stereocenters. The Morgan fingerprint density at radius 1 is 1.30 bits per heavy atom. The third kappa shape index (κ3) is 2.33. The number of anilines is 1. The van der Waals surface area contributed by atoms with Crippen LogP contribution in [0.2, 0.25) is 0 Å². The van der Waals surface area contributed by atoms with Gasteiger partial charge in [0, 0.05) is 12.6 Å². The van der Waals surface area contributed by atoms with Gasteiger partial charge in [-0.3, -0.25) is 0 Å². The molecule has 3 rings (SSSR count). The maximum Gasteiger partial charge on any atom is 0.125 e. The van der Waals surface area contributed by atoms with E-state index in [1.165, 1.54) is 16.8 Å². The predicted octanol–water partition coefficient (Wildman–Crippen LogP) is 3.97. The Kier molecular flexibility index (Phi) is 3.51. The van der Waals surface area contributed by atoms with Crippen molar-refractivity contribution in [3.63, 3.8) is 0 Å². The summed E-state index contributed by atoms with van der Waals surface area (Å²) in [5.41, 5.74) is 3.93. The first kappa shape index (κ1) is 13.2. The van der Waals surface area contributed by atoms with E-state index in [9.17, 15) is 0 Å². The van der Waals surface area contributed by atoms with Crippen LogP contribution in [0.15, 0.2) is 30.3 Å². The van der Waals surface area contributed by atoms with E-state index in [1.807, 2.05) is 0 Å². The van der Waals surface area contributed by atoms with Crippen LogP contribution >= 0.6 is 0 Å². The van der Waals surface area contributed by atoms with E-state index < -0.39 is 0 Å². The number of nitrogens with zero attached hydrogens (tertiary/aromatic N) is 2. The van der Waals surface area contributed by atoms with Crippen LogP contribution in [0.4, 0.5) is 5.82 Å². The van der Waals surface area contributed by atoms with Gasteiger partial charge in [-0.15, -0.1) is 0 Å². The highest BCUT2D eigenvalue weighted by molar-refractivity contribution is 5.41. The monoisotopic (exact) mass is 269 g/mol. The first-order valence-electron chi connectivity index (χ1n) is 7.61. The maximum atomic E-state index is 4.74. The molecule has 1 N–H and O–H groups in total. The zero-order valence-electron chi connectivity index (χ0n) is 12.6. The summed E-state index contributed by atoms with van der Waals surface area (Å²) in [6.45, 7) is 7.64. The molecule has 1 aromatic heterocycles. The Morgan fingerprint density at radius 2 is 2.05 bits per heavy atom. The van der Waals surface area contributed by atoms with E-state index >= 15 is 0 Å². The molecule has 1 aliphatic rings. The Hall–Kier alpha value is -1.77. The minimum atomic E-state index is 0.368. The van der Waals surface area contributed by atoms with Crippen molar-refractivity contribution < 1.29 is 0 Å². The quantitative estimate of drug-likeness (QED) is 0.913. The van der Waals surface area contributed by atoms with Crippen LogP contribution in [0.5, 0.6) is 0 Å². The van der Waals surface area contributed by atoms with Crippen LogP contribution in [0.1, 0.15) is 56.0 Å². The van der Waals surface area contributed by atoms with Gasteiger partial charge in [-0.05, 0) is 29.9 Å². The van der Waals surface area contributed by atoms with Crippen molar-refractivity contribution in [1.82, 2.24) is 9.78 Å². The number of aryl methyl sites for hydroxylation is 1. The molecule has 1 aromatic carbocycles. The van der Waals surface area contributed by atoms with Crippen LogP contribution in [-0.4, -0.2) is 16.3 Å². The molecular formula is C17H23N3. The van der Waals surface area contributed by atoms with Gasteiger partial charge in [-0.1, -0.05) is 45.0 Å². The number of fused-ring (bicyclic) bond motifs is 1. The van der Waals surface area contributed by atoms with Gasteiger partial charge in [0.05, 0.1) is 11.7 Å². The number of rotatable bonds is 3. The topological polar surface area (TPSA) is 29.9 Å². The number of aromatic nitrogens is 2. The molecule has 0 spiro atoms. The molecule has 1 atom stereocenters. The molecule has 1 aliphatic heterocycles. The lowest BCUT2D eigenvalue weighted by atomic mass is 9.97. The van der Waals surface area contributed by atoms with E-state index in [0.29, 0.717) is 12.0 Å². The second kappa shape index (κ2) is 5.31.